The number of hydrogen-bond acceptors (Lipinski definition) is 5. The number of aliphatic hydroxyl groups excluding tert-OH is 1. The van der Waals surface area contributed by atoms with Crippen LogP contribution in [0.25, 0.3) is 0 Å². The van der Waals surface area contributed by atoms with Crippen LogP contribution in [0.5, 0.6) is 0 Å². The second kappa shape index (κ2) is 8.07. The van der Waals surface area contributed by atoms with Gasteiger partial charge in [-0.1, -0.05) is 12.1 Å². The Balaban J connectivity index is 3.02. The smallest absolute Gasteiger partial charge is 0.408 e. The van der Waals surface area contributed by atoms with Crippen LogP contribution < -0.4 is 5.32 Å². The van der Waals surface area contributed by atoms with Crippen molar-refractivity contribution in [3.8, 4) is 0 Å². The van der Waals surface area contributed by atoms with E-state index in [4.69, 9.17) is 9.57 Å². The largest absolute Gasteiger partial charge is 0.444 e. The Morgan fingerprint density at radius 1 is 1.25 bits per heavy atom. The molecule has 0 aromatic heterocycles. The number of benzene rings is 1. The number of rotatable bonds is 5. The number of halogens is 1. The first-order valence-corrected chi connectivity index (χ1v) is 7.30. The van der Waals surface area contributed by atoms with Gasteiger partial charge in [0.05, 0.1) is 7.11 Å². The number of likely N-dealkylation sites (N-methyl/N-ethyl adjacent to an activating group) is 1. The molecule has 0 saturated heterocycles. The normalized spacial score (nSPS) is 13.8. The van der Waals surface area contributed by atoms with E-state index >= 15 is 0 Å². The number of alkyl carbamates (subject to hydrolysis) is 1. The SMILES string of the molecule is CON(C)C(=O)C(NC(=O)OC(C)(C)C)C(O)c1ccc(F)cc1. The summed E-state index contributed by atoms with van der Waals surface area (Å²) in [5.41, 5.74) is -0.513. The van der Waals surface area contributed by atoms with Gasteiger partial charge < -0.3 is 15.2 Å². The molecule has 2 atom stereocenters. The first-order chi connectivity index (χ1) is 11.0. The number of nitrogens with zero attached hydrogens (tertiary/aromatic N) is 1. The molecule has 0 aliphatic carbocycles. The molecule has 0 aliphatic heterocycles. The molecule has 0 bridgehead atoms. The molecular formula is C16H23FN2O5. The van der Waals surface area contributed by atoms with Gasteiger partial charge >= 0.3 is 6.09 Å². The highest BCUT2D eigenvalue weighted by molar-refractivity contribution is 5.85. The average Bonchev–Trinajstić information content (AvgIpc) is 2.49. The minimum absolute atomic E-state index is 0.260. The molecule has 2 N–H and O–H groups in total. The highest BCUT2D eigenvalue weighted by Gasteiger charge is 2.33. The molecule has 7 nitrogen and oxygen atoms in total. The molecule has 0 aliphatic rings. The molecule has 134 valence electrons. The van der Waals surface area contributed by atoms with Crippen molar-refractivity contribution in [3.63, 3.8) is 0 Å². The molecule has 24 heavy (non-hydrogen) atoms. The van der Waals surface area contributed by atoms with E-state index in [-0.39, 0.29) is 5.56 Å². The number of nitrogens with one attached hydrogen (secondary N) is 1. The quantitative estimate of drug-likeness (QED) is 0.796. The van der Waals surface area contributed by atoms with E-state index in [9.17, 15) is 19.1 Å². The Kier molecular flexibility index (Phi) is 6.68. The number of aliphatic hydroxyl groups is 1. The first-order valence-electron chi connectivity index (χ1n) is 7.30. The van der Waals surface area contributed by atoms with Crippen molar-refractivity contribution in [3.05, 3.63) is 35.6 Å². The summed E-state index contributed by atoms with van der Waals surface area (Å²) in [6, 6.07) is 3.57. The predicted molar refractivity (Wildman–Crippen MR) is 84.3 cm³/mol. The highest BCUT2D eigenvalue weighted by Crippen LogP contribution is 2.19. The summed E-state index contributed by atoms with van der Waals surface area (Å²) >= 11 is 0. The summed E-state index contributed by atoms with van der Waals surface area (Å²) in [5.74, 6) is -1.18. The summed E-state index contributed by atoms with van der Waals surface area (Å²) in [5, 5.41) is 13.6. The van der Waals surface area contributed by atoms with Gasteiger partial charge in [0.2, 0.25) is 0 Å². The van der Waals surface area contributed by atoms with Gasteiger partial charge in [-0.05, 0) is 38.5 Å². The minimum Gasteiger partial charge on any atom is -0.444 e. The zero-order valence-electron chi connectivity index (χ0n) is 14.4. The number of amides is 2. The molecule has 8 heteroatoms. The lowest BCUT2D eigenvalue weighted by molar-refractivity contribution is -0.173. The lowest BCUT2D eigenvalue weighted by atomic mass is 10.0. The Morgan fingerprint density at radius 3 is 2.25 bits per heavy atom. The van der Waals surface area contributed by atoms with E-state index in [0.717, 1.165) is 17.2 Å². The monoisotopic (exact) mass is 342 g/mol. The van der Waals surface area contributed by atoms with Gasteiger partial charge in [0, 0.05) is 7.05 Å². The summed E-state index contributed by atoms with van der Waals surface area (Å²) in [7, 11) is 2.61. The molecule has 0 spiro atoms. The van der Waals surface area contributed by atoms with Gasteiger partial charge in [0.25, 0.3) is 5.91 Å². The van der Waals surface area contributed by atoms with Crippen LogP contribution in [0.15, 0.2) is 24.3 Å². The third-order valence-electron chi connectivity index (χ3n) is 3.05. The van der Waals surface area contributed by atoms with Crippen molar-refractivity contribution in [1.29, 1.82) is 0 Å². The van der Waals surface area contributed by atoms with Crippen LogP contribution >= 0.6 is 0 Å². The maximum atomic E-state index is 13.0. The minimum atomic E-state index is -1.41. The fourth-order valence-corrected chi connectivity index (χ4v) is 1.85. The van der Waals surface area contributed by atoms with Gasteiger partial charge in [0.1, 0.15) is 23.6 Å². The first kappa shape index (κ1) is 19.9. The second-order valence-electron chi connectivity index (χ2n) is 6.14. The van der Waals surface area contributed by atoms with E-state index in [1.165, 1.54) is 26.3 Å². The zero-order chi connectivity index (χ0) is 18.5. The van der Waals surface area contributed by atoms with Crippen LogP contribution in [-0.4, -0.2) is 48.0 Å². The van der Waals surface area contributed by atoms with Crippen LogP contribution in [0.3, 0.4) is 0 Å². The lowest BCUT2D eigenvalue weighted by Gasteiger charge is -2.28. The van der Waals surface area contributed by atoms with Crippen LogP contribution in [0.4, 0.5) is 9.18 Å². The zero-order valence-corrected chi connectivity index (χ0v) is 14.4. The maximum Gasteiger partial charge on any atom is 0.408 e. The van der Waals surface area contributed by atoms with Crippen molar-refractivity contribution >= 4 is 12.0 Å². The summed E-state index contributed by atoms with van der Waals surface area (Å²) in [4.78, 5) is 29.1. The van der Waals surface area contributed by atoms with Crippen LogP contribution in [0, 0.1) is 5.82 Å². The Bertz CT molecular complexity index is 571. The Labute approximate surface area is 140 Å². The van der Waals surface area contributed by atoms with Crippen molar-refractivity contribution in [2.75, 3.05) is 14.2 Å². The molecule has 1 rings (SSSR count). The number of ether oxygens (including phenoxy) is 1. The van der Waals surface area contributed by atoms with Gasteiger partial charge in [-0.15, -0.1) is 0 Å². The van der Waals surface area contributed by atoms with Crippen molar-refractivity contribution in [1.82, 2.24) is 10.4 Å². The van der Waals surface area contributed by atoms with Gasteiger partial charge in [-0.25, -0.2) is 14.2 Å². The second-order valence-corrected chi connectivity index (χ2v) is 6.14. The van der Waals surface area contributed by atoms with Crippen LogP contribution in [-0.2, 0) is 14.4 Å². The van der Waals surface area contributed by atoms with E-state index < -0.39 is 35.6 Å². The van der Waals surface area contributed by atoms with E-state index in [2.05, 4.69) is 5.32 Å². The van der Waals surface area contributed by atoms with E-state index in [0.29, 0.717) is 0 Å². The van der Waals surface area contributed by atoms with Crippen molar-refractivity contribution < 1.29 is 28.7 Å². The average molecular weight is 342 g/mol. The number of carbonyl (C=O) groups excluding carboxylic acids is 2. The summed E-state index contributed by atoms with van der Waals surface area (Å²) < 4.78 is 18.1. The molecule has 2 amide bonds. The van der Waals surface area contributed by atoms with E-state index in [1.54, 1.807) is 20.8 Å². The molecule has 2 unspecified atom stereocenters. The standard InChI is InChI=1S/C16H23FN2O5/c1-16(2,3)24-15(22)18-12(14(21)19(4)23-5)13(20)10-6-8-11(17)9-7-10/h6-9,12-13,20H,1-5H3,(H,18,22). The molecule has 1 aromatic carbocycles. The summed E-state index contributed by atoms with van der Waals surface area (Å²) in [6.45, 7) is 5.00. The number of carbonyl (C=O) groups is 2. The van der Waals surface area contributed by atoms with Crippen LogP contribution in [0.2, 0.25) is 0 Å². The fraction of sp³-hybridized carbons (Fsp3) is 0.500. The Hall–Kier alpha value is -2.19. The lowest BCUT2D eigenvalue weighted by Crippen LogP contribution is -2.51. The Morgan fingerprint density at radius 2 is 1.79 bits per heavy atom. The van der Waals surface area contributed by atoms with Crippen molar-refractivity contribution in [2.24, 2.45) is 0 Å². The number of hydrogen-bond donors (Lipinski definition) is 2. The highest BCUT2D eigenvalue weighted by atomic mass is 19.1. The summed E-state index contributed by atoms with van der Waals surface area (Å²) in [6.07, 6.45) is -2.28. The van der Waals surface area contributed by atoms with E-state index in [1.807, 2.05) is 0 Å². The third-order valence-corrected chi connectivity index (χ3v) is 3.05. The molecule has 0 fully saturated rings. The molecule has 0 radical (unpaired) electrons. The molecule has 1 aromatic rings. The van der Waals surface area contributed by atoms with Gasteiger partial charge in [-0.2, -0.15) is 0 Å². The molecule has 0 saturated carbocycles. The molecule has 0 heterocycles. The maximum absolute atomic E-state index is 13.0. The van der Waals surface area contributed by atoms with Crippen molar-refractivity contribution in [2.45, 2.75) is 38.5 Å². The fourth-order valence-electron chi connectivity index (χ4n) is 1.85. The van der Waals surface area contributed by atoms with Gasteiger partial charge in [-0.3, -0.25) is 9.63 Å². The molecular weight excluding hydrogens is 319 g/mol. The van der Waals surface area contributed by atoms with Gasteiger partial charge in [0.15, 0.2) is 0 Å². The van der Waals surface area contributed by atoms with Crippen LogP contribution in [0.1, 0.15) is 32.4 Å². The topological polar surface area (TPSA) is 88.1 Å². The predicted octanol–water partition coefficient (Wildman–Crippen LogP) is 1.77. The number of hydroxylamine groups is 2. The third kappa shape index (κ3) is 5.78.